The molecule has 1 nitrogen and oxygen atoms in total. The summed E-state index contributed by atoms with van der Waals surface area (Å²) in [7, 11) is 0. The predicted octanol–water partition coefficient (Wildman–Crippen LogP) is 12.6. The Bertz CT molecular complexity index is 2440. The first-order valence-corrected chi connectivity index (χ1v) is 16.2. The molecule has 0 fully saturated rings. The lowest BCUT2D eigenvalue weighted by molar-refractivity contribution is 1.51. The fourth-order valence-corrected chi connectivity index (χ4v) is 8.15. The largest absolute Gasteiger partial charge is 0.256 e. The Hall–Kier alpha value is -5.31. The van der Waals surface area contributed by atoms with Crippen molar-refractivity contribution in [3.05, 3.63) is 163 Å². The van der Waals surface area contributed by atoms with Crippen molar-refractivity contribution in [2.24, 2.45) is 4.99 Å². The van der Waals surface area contributed by atoms with E-state index in [0.717, 1.165) is 16.8 Å². The van der Waals surface area contributed by atoms with E-state index < -0.39 is 0 Å². The molecule has 0 saturated carbocycles. The molecule has 0 spiro atoms. The van der Waals surface area contributed by atoms with E-state index in [0.29, 0.717) is 0 Å². The van der Waals surface area contributed by atoms with Crippen LogP contribution in [-0.2, 0) is 0 Å². The van der Waals surface area contributed by atoms with Crippen molar-refractivity contribution < 1.29 is 0 Å². The molecule has 214 valence electrons. The lowest BCUT2D eigenvalue weighted by Crippen LogP contribution is -1.97. The van der Waals surface area contributed by atoms with Crippen molar-refractivity contribution in [1.82, 2.24) is 0 Å². The lowest BCUT2D eigenvalue weighted by Gasteiger charge is -2.17. The Morgan fingerprint density at radius 3 is 1.87 bits per heavy atom. The molecule has 0 saturated heterocycles. The summed E-state index contributed by atoms with van der Waals surface area (Å²) >= 11 is 1.87. The van der Waals surface area contributed by atoms with Gasteiger partial charge in [-0.2, -0.15) is 0 Å². The molecule has 2 heteroatoms. The average molecular weight is 594 g/mol. The van der Waals surface area contributed by atoms with E-state index in [-0.39, 0.29) is 0 Å². The van der Waals surface area contributed by atoms with Gasteiger partial charge >= 0.3 is 0 Å². The first-order valence-electron chi connectivity index (χ1n) is 15.4. The number of hydrogen-bond donors (Lipinski definition) is 0. The number of fused-ring (bicyclic) bond motifs is 7. The van der Waals surface area contributed by atoms with Gasteiger partial charge in [0.25, 0.3) is 0 Å². The third-order valence-electron chi connectivity index (χ3n) is 8.77. The highest BCUT2D eigenvalue weighted by Crippen LogP contribution is 2.42. The smallest absolute Gasteiger partial charge is 0.0713 e. The van der Waals surface area contributed by atoms with E-state index in [9.17, 15) is 0 Å². The van der Waals surface area contributed by atoms with Crippen LogP contribution in [0, 0.1) is 0 Å². The van der Waals surface area contributed by atoms with Crippen LogP contribution < -0.4 is 0 Å². The number of thiophene rings is 1. The van der Waals surface area contributed by atoms with Gasteiger partial charge in [0.2, 0.25) is 0 Å². The molecular formula is C43H31NS. The van der Waals surface area contributed by atoms with Crippen molar-refractivity contribution in [2.75, 3.05) is 0 Å². The number of hydrogen-bond acceptors (Lipinski definition) is 2. The summed E-state index contributed by atoms with van der Waals surface area (Å²) in [6.45, 7) is 4.26. The quantitative estimate of drug-likeness (QED) is 0.139. The van der Waals surface area contributed by atoms with Gasteiger partial charge in [0.15, 0.2) is 0 Å². The van der Waals surface area contributed by atoms with Gasteiger partial charge in [-0.1, -0.05) is 140 Å². The Kier molecular flexibility index (Phi) is 6.85. The number of rotatable bonds is 5. The predicted molar refractivity (Wildman–Crippen MR) is 199 cm³/mol. The molecule has 0 bridgehead atoms. The summed E-state index contributed by atoms with van der Waals surface area (Å²) in [6.07, 6.45) is 6.28. The molecule has 7 aromatic carbocycles. The maximum Gasteiger partial charge on any atom is 0.0713 e. The number of nitrogens with zero attached hydrogens (tertiary/aromatic N) is 1. The zero-order chi connectivity index (χ0) is 30.3. The zero-order valence-electron chi connectivity index (χ0n) is 25.3. The SMILES string of the molecule is C\C=C/C(=N\C=C(/C)c1c2ccccc2c(-c2ccccc2)c2ccccc12)c1cccc2c1sc1c3ccccc3ccc21. The average Bonchev–Trinajstić information content (AvgIpc) is 3.49. The maximum atomic E-state index is 5.21. The highest BCUT2D eigenvalue weighted by Gasteiger charge is 2.17. The molecule has 0 atom stereocenters. The van der Waals surface area contributed by atoms with E-state index in [1.165, 1.54) is 69.2 Å². The van der Waals surface area contributed by atoms with Crippen LogP contribution in [0.1, 0.15) is 25.0 Å². The highest BCUT2D eigenvalue weighted by molar-refractivity contribution is 7.27. The summed E-state index contributed by atoms with van der Waals surface area (Å²) in [4.78, 5) is 5.21. The molecule has 0 aliphatic carbocycles. The van der Waals surface area contributed by atoms with Crippen molar-refractivity contribution in [3.63, 3.8) is 0 Å². The van der Waals surface area contributed by atoms with E-state index >= 15 is 0 Å². The van der Waals surface area contributed by atoms with Gasteiger partial charge in [-0.25, -0.2) is 0 Å². The van der Waals surface area contributed by atoms with Crippen LogP contribution in [0.3, 0.4) is 0 Å². The van der Waals surface area contributed by atoms with Crippen LogP contribution in [0.4, 0.5) is 0 Å². The standard InChI is InChI=1S/C43H31NS/c1-3-14-39(38-24-13-23-36-37-26-25-29-15-7-8-18-31(29)42(37)45-43(36)38)44-27-28(2)40-32-19-9-11-21-34(32)41(30-16-5-4-6-17-30)35-22-12-10-20-33(35)40/h3-27H,1-2H3/b14-3-,28-27+,44-39+. The molecule has 45 heavy (non-hydrogen) atoms. The van der Waals surface area contributed by atoms with Crippen LogP contribution in [0.25, 0.3) is 69.2 Å². The van der Waals surface area contributed by atoms with Gasteiger partial charge in [-0.15, -0.1) is 11.3 Å². The van der Waals surface area contributed by atoms with Gasteiger partial charge in [-0.05, 0) is 74.5 Å². The third-order valence-corrected chi connectivity index (χ3v) is 10.1. The fraction of sp³-hybridized carbons (Fsp3) is 0.0465. The molecule has 1 aromatic heterocycles. The molecule has 0 radical (unpaired) electrons. The number of aliphatic imine (C=N–C) groups is 1. The minimum atomic E-state index is 0.966. The van der Waals surface area contributed by atoms with E-state index in [1.807, 2.05) is 11.3 Å². The molecule has 1 heterocycles. The first kappa shape index (κ1) is 27.3. The molecule has 0 N–H and O–H groups in total. The first-order chi connectivity index (χ1) is 22.2. The van der Waals surface area contributed by atoms with Crippen LogP contribution in [0.15, 0.2) is 157 Å². The van der Waals surface area contributed by atoms with Crippen LogP contribution in [-0.4, -0.2) is 5.71 Å². The number of benzene rings is 7. The van der Waals surface area contributed by atoms with Gasteiger partial charge in [0, 0.05) is 31.9 Å². The minimum Gasteiger partial charge on any atom is -0.256 e. The monoisotopic (exact) mass is 593 g/mol. The Morgan fingerprint density at radius 1 is 0.556 bits per heavy atom. The Morgan fingerprint density at radius 2 is 1.16 bits per heavy atom. The van der Waals surface area contributed by atoms with Crippen molar-refractivity contribution >= 4 is 75.1 Å². The maximum absolute atomic E-state index is 5.21. The van der Waals surface area contributed by atoms with E-state index in [4.69, 9.17) is 4.99 Å². The minimum absolute atomic E-state index is 0.966. The lowest BCUT2D eigenvalue weighted by atomic mass is 9.86. The van der Waals surface area contributed by atoms with Gasteiger partial charge in [0.05, 0.1) is 5.71 Å². The second-order valence-electron chi connectivity index (χ2n) is 11.5. The summed E-state index contributed by atoms with van der Waals surface area (Å²) < 4.78 is 2.61. The van der Waals surface area contributed by atoms with E-state index in [1.54, 1.807) is 0 Å². The molecule has 8 aromatic rings. The summed E-state index contributed by atoms with van der Waals surface area (Å²) in [5.41, 5.74) is 7.01. The summed E-state index contributed by atoms with van der Waals surface area (Å²) in [5.74, 6) is 0. The second kappa shape index (κ2) is 11.3. The van der Waals surface area contributed by atoms with Gasteiger partial charge < -0.3 is 0 Å². The number of allylic oxidation sites excluding steroid dienone is 3. The fourth-order valence-electron chi connectivity index (χ4n) is 6.79. The van der Waals surface area contributed by atoms with Crippen molar-refractivity contribution in [2.45, 2.75) is 13.8 Å². The second-order valence-corrected chi connectivity index (χ2v) is 12.5. The molecule has 8 rings (SSSR count). The van der Waals surface area contributed by atoms with Gasteiger partial charge in [-0.3, -0.25) is 4.99 Å². The van der Waals surface area contributed by atoms with Crippen molar-refractivity contribution in [1.29, 1.82) is 0 Å². The highest BCUT2D eigenvalue weighted by atomic mass is 32.1. The van der Waals surface area contributed by atoms with E-state index in [2.05, 4.69) is 166 Å². The Labute approximate surface area is 267 Å². The molecule has 0 aliphatic rings. The molecule has 0 unspecified atom stereocenters. The molecular weight excluding hydrogens is 563 g/mol. The Balaban J connectivity index is 1.34. The summed E-state index contributed by atoms with van der Waals surface area (Å²) in [6, 6.07) is 48.1. The zero-order valence-corrected chi connectivity index (χ0v) is 26.1. The van der Waals surface area contributed by atoms with Crippen LogP contribution in [0.2, 0.25) is 0 Å². The van der Waals surface area contributed by atoms with Crippen LogP contribution in [0.5, 0.6) is 0 Å². The van der Waals surface area contributed by atoms with Crippen LogP contribution >= 0.6 is 11.3 Å². The third kappa shape index (κ3) is 4.58. The van der Waals surface area contributed by atoms with Crippen molar-refractivity contribution in [3.8, 4) is 11.1 Å². The van der Waals surface area contributed by atoms with Gasteiger partial charge in [0.1, 0.15) is 0 Å². The topological polar surface area (TPSA) is 12.4 Å². The molecule has 0 amide bonds. The molecule has 0 aliphatic heterocycles. The summed E-state index contributed by atoms with van der Waals surface area (Å²) in [5, 5.41) is 10.2. The normalized spacial score (nSPS) is 12.8.